The van der Waals surface area contributed by atoms with Gasteiger partial charge >= 0.3 is 0 Å². The molecule has 1 aromatic heterocycles. The van der Waals surface area contributed by atoms with Gasteiger partial charge in [0.2, 0.25) is 0 Å². The van der Waals surface area contributed by atoms with E-state index < -0.39 is 0 Å². The van der Waals surface area contributed by atoms with Crippen LogP contribution in [0, 0.1) is 6.92 Å². The van der Waals surface area contributed by atoms with E-state index in [9.17, 15) is 0 Å². The molecule has 0 aliphatic carbocycles. The van der Waals surface area contributed by atoms with Crippen LogP contribution in [0.5, 0.6) is 0 Å². The summed E-state index contributed by atoms with van der Waals surface area (Å²) in [5.74, 6) is 1.06. The molecule has 0 radical (unpaired) electrons. The maximum Gasteiger partial charge on any atom is 0.124 e. The van der Waals surface area contributed by atoms with Crippen molar-refractivity contribution in [1.29, 1.82) is 0 Å². The number of hydrogen-bond donors (Lipinski definition) is 2. The zero-order valence-electron chi connectivity index (χ0n) is 11.5. The van der Waals surface area contributed by atoms with Gasteiger partial charge in [-0.1, -0.05) is 18.2 Å². The number of rotatable bonds is 3. The van der Waals surface area contributed by atoms with Crippen molar-refractivity contribution in [2.75, 3.05) is 11.9 Å². The molecular weight excluding hydrogens is 236 g/mol. The quantitative estimate of drug-likeness (QED) is 0.882. The lowest BCUT2D eigenvalue weighted by Gasteiger charge is -2.18. The van der Waals surface area contributed by atoms with E-state index in [1.807, 2.05) is 18.7 Å². The number of fused-ring (bicyclic) bond motifs is 1. The van der Waals surface area contributed by atoms with Gasteiger partial charge in [0.25, 0.3) is 0 Å². The second-order valence-electron chi connectivity index (χ2n) is 5.18. The molecule has 2 heterocycles. The maximum atomic E-state index is 4.34. The lowest BCUT2D eigenvalue weighted by atomic mass is 9.98. The van der Waals surface area contributed by atoms with Gasteiger partial charge in [-0.2, -0.15) is 5.10 Å². The Kier molecular flexibility index (Phi) is 3.25. The molecule has 0 saturated heterocycles. The molecule has 0 atom stereocenters. The van der Waals surface area contributed by atoms with Crippen molar-refractivity contribution in [3.05, 3.63) is 46.6 Å². The molecule has 0 fully saturated rings. The van der Waals surface area contributed by atoms with E-state index in [4.69, 9.17) is 0 Å². The van der Waals surface area contributed by atoms with Crippen molar-refractivity contribution < 1.29 is 0 Å². The number of nitrogens with one attached hydrogen (secondary N) is 2. The Morgan fingerprint density at radius 1 is 1.32 bits per heavy atom. The van der Waals surface area contributed by atoms with Gasteiger partial charge in [0, 0.05) is 26.2 Å². The molecule has 0 bridgehead atoms. The summed E-state index contributed by atoms with van der Waals surface area (Å²) in [6.07, 6.45) is 1.14. The van der Waals surface area contributed by atoms with Gasteiger partial charge in [0.05, 0.1) is 5.69 Å². The Labute approximate surface area is 113 Å². The number of aryl methyl sites for hydroxylation is 2. The molecule has 0 saturated carbocycles. The van der Waals surface area contributed by atoms with Crippen molar-refractivity contribution in [3.8, 4) is 0 Å². The lowest BCUT2D eigenvalue weighted by molar-refractivity contribution is 0.643. The minimum atomic E-state index is 0.840. The predicted octanol–water partition coefficient (Wildman–Crippen LogP) is 1.99. The normalized spacial score (nSPS) is 14.2. The molecule has 1 aliphatic heterocycles. The van der Waals surface area contributed by atoms with Crippen LogP contribution < -0.4 is 10.6 Å². The molecule has 3 rings (SSSR count). The van der Waals surface area contributed by atoms with Crippen LogP contribution in [-0.2, 0) is 26.6 Å². The van der Waals surface area contributed by atoms with E-state index in [2.05, 4.69) is 40.0 Å². The molecule has 19 heavy (non-hydrogen) atoms. The minimum absolute atomic E-state index is 0.840. The summed E-state index contributed by atoms with van der Waals surface area (Å²) in [7, 11) is 1.96. The maximum absolute atomic E-state index is 4.34. The fourth-order valence-electron chi connectivity index (χ4n) is 2.61. The Balaban J connectivity index is 1.71. The fourth-order valence-corrected chi connectivity index (χ4v) is 2.61. The van der Waals surface area contributed by atoms with Gasteiger partial charge in [-0.05, 0) is 36.6 Å². The summed E-state index contributed by atoms with van der Waals surface area (Å²) < 4.78 is 1.88. The van der Waals surface area contributed by atoms with E-state index in [0.717, 1.165) is 37.6 Å². The largest absolute Gasteiger partial charge is 0.366 e. The third-order valence-corrected chi connectivity index (χ3v) is 3.63. The van der Waals surface area contributed by atoms with Gasteiger partial charge in [0.1, 0.15) is 5.82 Å². The van der Waals surface area contributed by atoms with Crippen LogP contribution in [0.15, 0.2) is 24.3 Å². The highest BCUT2D eigenvalue weighted by molar-refractivity contribution is 5.39. The average Bonchev–Trinajstić information content (AvgIpc) is 2.74. The highest BCUT2D eigenvalue weighted by atomic mass is 15.3. The molecule has 1 aromatic carbocycles. The second-order valence-corrected chi connectivity index (χ2v) is 5.18. The number of anilines is 1. The molecule has 2 aromatic rings. The van der Waals surface area contributed by atoms with Crippen LogP contribution in [0.25, 0.3) is 0 Å². The van der Waals surface area contributed by atoms with Gasteiger partial charge in [0.15, 0.2) is 0 Å². The molecule has 0 amide bonds. The number of aromatic nitrogens is 2. The van der Waals surface area contributed by atoms with Gasteiger partial charge in [-0.3, -0.25) is 4.68 Å². The van der Waals surface area contributed by atoms with Crippen molar-refractivity contribution in [3.63, 3.8) is 0 Å². The smallest absolute Gasteiger partial charge is 0.124 e. The first-order valence-corrected chi connectivity index (χ1v) is 6.78. The van der Waals surface area contributed by atoms with Crippen molar-refractivity contribution in [2.24, 2.45) is 7.05 Å². The van der Waals surface area contributed by atoms with E-state index in [-0.39, 0.29) is 0 Å². The fraction of sp³-hybridized carbons (Fsp3) is 0.400. The first kappa shape index (κ1) is 12.2. The van der Waals surface area contributed by atoms with Gasteiger partial charge in [-0.15, -0.1) is 0 Å². The monoisotopic (exact) mass is 256 g/mol. The summed E-state index contributed by atoms with van der Waals surface area (Å²) in [4.78, 5) is 0. The Morgan fingerprint density at radius 2 is 2.21 bits per heavy atom. The minimum Gasteiger partial charge on any atom is -0.366 e. The Bertz CT molecular complexity index is 586. The highest BCUT2D eigenvalue weighted by Crippen LogP contribution is 2.17. The zero-order valence-corrected chi connectivity index (χ0v) is 11.5. The molecule has 0 unspecified atom stereocenters. The molecule has 0 spiro atoms. The number of nitrogens with zero attached hydrogens (tertiary/aromatic N) is 2. The van der Waals surface area contributed by atoms with Gasteiger partial charge < -0.3 is 10.6 Å². The third-order valence-electron chi connectivity index (χ3n) is 3.63. The first-order chi connectivity index (χ1) is 9.22. The van der Waals surface area contributed by atoms with Crippen LogP contribution >= 0.6 is 0 Å². The summed E-state index contributed by atoms with van der Waals surface area (Å²) in [5.41, 5.74) is 5.28. The summed E-state index contributed by atoms with van der Waals surface area (Å²) in [5, 5.41) is 11.2. The lowest BCUT2D eigenvalue weighted by Crippen LogP contribution is -2.23. The van der Waals surface area contributed by atoms with Gasteiger partial charge in [-0.25, -0.2) is 0 Å². The van der Waals surface area contributed by atoms with Crippen molar-refractivity contribution >= 4 is 5.82 Å². The third kappa shape index (κ3) is 2.63. The predicted molar refractivity (Wildman–Crippen MR) is 77.1 cm³/mol. The van der Waals surface area contributed by atoms with Crippen LogP contribution in [-0.4, -0.2) is 16.3 Å². The summed E-state index contributed by atoms with van der Waals surface area (Å²) >= 11 is 0. The Hall–Kier alpha value is -1.81. The van der Waals surface area contributed by atoms with Crippen LogP contribution in [0.1, 0.15) is 22.4 Å². The van der Waals surface area contributed by atoms with Crippen molar-refractivity contribution in [2.45, 2.75) is 26.4 Å². The molecule has 2 N–H and O–H groups in total. The average molecular weight is 256 g/mol. The zero-order chi connectivity index (χ0) is 13.2. The van der Waals surface area contributed by atoms with Crippen LogP contribution in [0.4, 0.5) is 5.82 Å². The van der Waals surface area contributed by atoms with Crippen LogP contribution in [0.2, 0.25) is 0 Å². The topological polar surface area (TPSA) is 41.9 Å². The highest BCUT2D eigenvalue weighted by Gasteiger charge is 2.09. The Morgan fingerprint density at radius 3 is 3.00 bits per heavy atom. The SMILES string of the molecule is Cc1cc(NCc2ccc3c(c2)CNCC3)n(C)n1. The molecule has 4 nitrogen and oxygen atoms in total. The standard InChI is InChI=1S/C15H20N4/c1-11-7-15(19(2)18-11)17-9-12-3-4-13-5-6-16-10-14(13)8-12/h3-4,7-8,16-17H,5-6,9-10H2,1-2H3. The number of hydrogen-bond acceptors (Lipinski definition) is 3. The second kappa shape index (κ2) is 5.05. The molecule has 100 valence electrons. The van der Waals surface area contributed by atoms with E-state index in [0.29, 0.717) is 0 Å². The molecular formula is C15H20N4. The number of benzene rings is 1. The first-order valence-electron chi connectivity index (χ1n) is 6.78. The summed E-state index contributed by atoms with van der Waals surface area (Å²) in [6.45, 7) is 4.94. The summed E-state index contributed by atoms with van der Waals surface area (Å²) in [6, 6.07) is 8.86. The van der Waals surface area contributed by atoms with E-state index in [1.165, 1.54) is 16.7 Å². The van der Waals surface area contributed by atoms with Crippen molar-refractivity contribution in [1.82, 2.24) is 15.1 Å². The van der Waals surface area contributed by atoms with E-state index >= 15 is 0 Å². The van der Waals surface area contributed by atoms with E-state index in [1.54, 1.807) is 0 Å². The van der Waals surface area contributed by atoms with Crippen LogP contribution in [0.3, 0.4) is 0 Å². The molecule has 4 heteroatoms. The molecule has 1 aliphatic rings.